The molecule has 0 amide bonds. The molecule has 0 aliphatic rings. The maximum atomic E-state index is 9.81. The maximum absolute atomic E-state index is 9.81. The first-order valence-corrected chi connectivity index (χ1v) is 17.6. The zero-order valence-corrected chi connectivity index (χ0v) is 28.5. The van der Waals surface area contributed by atoms with Gasteiger partial charge in [-0.15, -0.1) is 0 Å². The average Bonchev–Trinajstić information content (AvgIpc) is 2.81. The number of ether oxygens (including phenoxy) is 2. The van der Waals surface area contributed by atoms with Crippen LogP contribution in [0.1, 0.15) is 50.0 Å². The van der Waals surface area contributed by atoms with Crippen LogP contribution in [-0.4, -0.2) is 52.8 Å². The Morgan fingerprint density at radius 3 is 0.854 bits per heavy atom. The van der Waals surface area contributed by atoms with E-state index in [0.717, 1.165) is 0 Å². The third kappa shape index (κ3) is 54.5. The van der Waals surface area contributed by atoms with Gasteiger partial charge in [0.2, 0.25) is 0 Å². The quantitative estimate of drug-likeness (QED) is 0.178. The first-order chi connectivity index (χ1) is 17.1. The summed E-state index contributed by atoms with van der Waals surface area (Å²) in [5, 5.41) is 0. The number of nitrogens with two attached hydrogens (primary N) is 2. The second kappa shape index (κ2) is 33.9. The molecule has 2 rings (SSSR count). The van der Waals surface area contributed by atoms with Crippen molar-refractivity contribution in [1.29, 1.82) is 0 Å². The summed E-state index contributed by atoms with van der Waals surface area (Å²) in [7, 11) is -3.15. The minimum atomic E-state index is -1.57. The Morgan fingerprint density at radius 1 is 0.561 bits per heavy atom. The van der Waals surface area contributed by atoms with E-state index in [-0.39, 0.29) is 43.3 Å². The number of rotatable bonds is 4. The van der Waals surface area contributed by atoms with Crippen molar-refractivity contribution in [1.82, 2.24) is 0 Å². The molecule has 0 spiro atoms. The third-order valence-electron chi connectivity index (χ3n) is 3.32. The molecule has 2 aromatic rings. The Morgan fingerprint density at radius 2 is 0.780 bits per heavy atom. The van der Waals surface area contributed by atoms with Crippen LogP contribution in [0.2, 0.25) is 26.2 Å². The minimum Gasteiger partial charge on any atom is -0.454 e. The van der Waals surface area contributed by atoms with Crippen LogP contribution < -0.4 is 11.5 Å². The molecule has 0 saturated carbocycles. The van der Waals surface area contributed by atoms with Crippen LogP contribution in [0.4, 0.5) is 0 Å². The number of carbonyl (C=O) groups excluding carboxylic acids is 4. The number of hydrogen-bond donors (Lipinski definition) is 2. The first-order valence-electron chi connectivity index (χ1n) is 11.4. The molecule has 0 atom stereocenters. The Kier molecular flexibility index (Phi) is 45.3. The monoisotopic (exact) mass is 782 g/mol. The number of hydrogen-bond acceptors (Lipinski definition) is 9. The number of benzene rings is 2. The molecule has 0 radical (unpaired) electrons. The Labute approximate surface area is 266 Å². The second-order valence-corrected chi connectivity index (χ2v) is 17.0. The van der Waals surface area contributed by atoms with Crippen LogP contribution >= 0.6 is 0 Å². The molecule has 236 valence electrons. The predicted molar refractivity (Wildman–Crippen MR) is 170 cm³/mol. The van der Waals surface area contributed by atoms with Crippen LogP contribution in [0.5, 0.6) is 0 Å². The van der Waals surface area contributed by atoms with Gasteiger partial charge in [-0.1, -0.05) is 22.3 Å². The Hall–Kier alpha value is -2.28. The van der Waals surface area contributed by atoms with Crippen LogP contribution in [0, 0.1) is 12.1 Å². The molecule has 2 aromatic carbocycles. The minimum absolute atomic E-state index is 0. The van der Waals surface area contributed by atoms with Crippen LogP contribution in [0.3, 0.4) is 0 Å². The summed E-state index contributed by atoms with van der Waals surface area (Å²) in [5.74, 6) is -2.25. The fraction of sp³-hybridized carbons (Fsp3) is 0.448. The van der Waals surface area contributed by atoms with Gasteiger partial charge in [0.15, 0.2) is 16.6 Å². The van der Waals surface area contributed by atoms with Crippen molar-refractivity contribution in [3.63, 3.8) is 0 Å². The van der Waals surface area contributed by atoms with Crippen molar-refractivity contribution in [2.75, 3.05) is 12.3 Å². The Bertz CT molecular complexity index is 725. The molecule has 0 aliphatic carbocycles. The summed E-state index contributed by atoms with van der Waals surface area (Å²) in [5.41, 5.74) is 11.2. The Balaban J connectivity index is -0.0000000700. The average molecular weight is 783 g/mol. The van der Waals surface area contributed by atoms with Crippen LogP contribution in [-0.2, 0) is 53.8 Å². The second-order valence-electron chi connectivity index (χ2n) is 8.35. The molecule has 41 heavy (non-hydrogen) atoms. The zero-order valence-electron chi connectivity index (χ0n) is 23.6. The van der Waals surface area contributed by atoms with E-state index in [0.29, 0.717) is 12.3 Å². The molecule has 0 fully saturated rings. The molecule has 4 N–H and O–H groups in total. The van der Waals surface area contributed by atoms with E-state index in [2.05, 4.69) is 47.8 Å². The molecule has 0 heterocycles. The van der Waals surface area contributed by atoms with Gasteiger partial charge in [0.25, 0.3) is 0 Å². The zero-order chi connectivity index (χ0) is 29.3. The third-order valence-corrected chi connectivity index (χ3v) is 9.71. The van der Waals surface area contributed by atoms with Gasteiger partial charge in [0, 0.05) is 40.0 Å². The van der Waals surface area contributed by atoms with Crippen molar-refractivity contribution >= 4 is 40.5 Å². The molecule has 0 aliphatic heterocycles. The van der Waals surface area contributed by atoms with Crippen molar-refractivity contribution in [2.45, 2.75) is 76.2 Å². The standard InChI is InChI=1S/C6H20N2OSi2.2C6H5.2C4H6O3.3CH4.W/c1-10(2,5-7)9-11(3,4)6-8;2*1-2-4-6-5-3-1;2*1-3(5)7-4(2)6;;;;/h5-8H2,1-4H3;2*1-5H;2*1-2H3;3*1H4;/q;2*-1;;;;;;+2. The summed E-state index contributed by atoms with van der Waals surface area (Å²) in [6.45, 7) is 13.3. The maximum Gasteiger partial charge on any atom is 2.00 e. The predicted octanol–water partition coefficient (Wildman–Crippen LogP) is 5.48. The summed E-state index contributed by atoms with van der Waals surface area (Å²) in [6, 6.07) is 25.0. The topological polar surface area (TPSA) is 148 Å². The fourth-order valence-electron chi connectivity index (χ4n) is 1.92. The van der Waals surface area contributed by atoms with E-state index in [9.17, 15) is 19.2 Å². The van der Waals surface area contributed by atoms with Gasteiger partial charge in [-0.3, -0.25) is 19.2 Å². The first kappa shape index (κ1) is 54.8. The fourth-order valence-corrected chi connectivity index (χ4v) is 8.57. The van der Waals surface area contributed by atoms with Gasteiger partial charge in [-0.2, -0.15) is 72.8 Å². The van der Waals surface area contributed by atoms with Crippen LogP contribution in [0.25, 0.3) is 0 Å². The molecule has 12 heteroatoms. The van der Waals surface area contributed by atoms with Crippen molar-refractivity contribution < 1.29 is 53.8 Å². The summed E-state index contributed by atoms with van der Waals surface area (Å²) in [6.07, 6.45) is 1.37. The molecular weight excluding hydrogens is 728 g/mol. The molecular formula is C29H54N2O7Si2W. The van der Waals surface area contributed by atoms with Gasteiger partial charge >= 0.3 is 44.9 Å². The molecule has 0 unspecified atom stereocenters. The SMILES string of the molecule is C.C.C.CC(=O)OC(C)=O.CC(=O)OC(C)=O.C[Si](C)(CN)O[Si](C)(C)CN.[W+2].[c-]1ccccc1.[c-]1ccccc1. The van der Waals surface area contributed by atoms with E-state index in [1.54, 1.807) is 0 Å². The molecule has 9 nitrogen and oxygen atoms in total. The van der Waals surface area contributed by atoms with Crippen LogP contribution in [0.15, 0.2) is 60.7 Å². The molecule has 0 saturated heterocycles. The summed E-state index contributed by atoms with van der Waals surface area (Å²) < 4.78 is 13.9. The normalized spacial score (nSPS) is 8.63. The van der Waals surface area contributed by atoms with Crippen molar-refractivity contribution in [2.24, 2.45) is 11.5 Å². The largest absolute Gasteiger partial charge is 2.00 e. The smallest absolute Gasteiger partial charge is 0.454 e. The van der Waals surface area contributed by atoms with Gasteiger partial charge < -0.3 is 25.1 Å². The van der Waals surface area contributed by atoms with E-state index in [1.807, 2.05) is 60.7 Å². The van der Waals surface area contributed by atoms with Gasteiger partial charge in [0.1, 0.15) is 0 Å². The van der Waals surface area contributed by atoms with E-state index < -0.39 is 40.5 Å². The van der Waals surface area contributed by atoms with E-state index in [1.165, 1.54) is 27.7 Å². The van der Waals surface area contributed by atoms with E-state index in [4.69, 9.17) is 15.6 Å². The summed E-state index contributed by atoms with van der Waals surface area (Å²) >= 11 is 0. The molecule has 0 bridgehead atoms. The van der Waals surface area contributed by atoms with Gasteiger partial charge in [0.05, 0.1) is 0 Å². The molecule has 0 aromatic heterocycles. The summed E-state index contributed by atoms with van der Waals surface area (Å²) in [4.78, 5) is 39.2. The number of esters is 4. The van der Waals surface area contributed by atoms with Crippen molar-refractivity contribution in [3.8, 4) is 0 Å². The van der Waals surface area contributed by atoms with Crippen molar-refractivity contribution in [3.05, 3.63) is 72.8 Å². The van der Waals surface area contributed by atoms with Gasteiger partial charge in [-0.05, 0) is 26.2 Å². The van der Waals surface area contributed by atoms with E-state index >= 15 is 0 Å². The van der Waals surface area contributed by atoms with Gasteiger partial charge in [-0.25, -0.2) is 0 Å². The number of carbonyl (C=O) groups is 4.